The molecule has 0 aromatic heterocycles. The molecule has 0 bridgehead atoms. The van der Waals surface area contributed by atoms with Gasteiger partial charge < -0.3 is 4.74 Å². The highest BCUT2D eigenvalue weighted by Gasteiger charge is 2.18. The van der Waals surface area contributed by atoms with Crippen LogP contribution in [-0.4, -0.2) is 25.0 Å². The van der Waals surface area contributed by atoms with E-state index in [1.807, 2.05) is 42.5 Å². The van der Waals surface area contributed by atoms with Gasteiger partial charge in [0.05, 0.1) is 11.6 Å². The molecule has 5 nitrogen and oxygen atoms in total. The number of esters is 1. The Hall–Kier alpha value is -3.65. The van der Waals surface area contributed by atoms with Crippen LogP contribution >= 0.6 is 0 Å². The molecule has 0 saturated heterocycles. The van der Waals surface area contributed by atoms with Crippen LogP contribution in [0.1, 0.15) is 10.4 Å². The van der Waals surface area contributed by atoms with Gasteiger partial charge in [0.2, 0.25) is 0 Å². The zero-order chi connectivity index (χ0) is 18.4. The van der Waals surface area contributed by atoms with E-state index in [2.05, 4.69) is 0 Å². The van der Waals surface area contributed by atoms with Crippen LogP contribution in [0.5, 0.6) is 0 Å². The third-order valence-corrected chi connectivity index (χ3v) is 3.91. The van der Waals surface area contributed by atoms with E-state index < -0.39 is 18.5 Å². The van der Waals surface area contributed by atoms with Crippen LogP contribution in [-0.2, 0) is 9.53 Å². The van der Waals surface area contributed by atoms with Gasteiger partial charge >= 0.3 is 5.97 Å². The van der Waals surface area contributed by atoms with Crippen LogP contribution in [0.3, 0.4) is 0 Å². The number of fused-ring (bicyclic) bond motifs is 1. The summed E-state index contributed by atoms with van der Waals surface area (Å²) in [6.45, 7) is -0.543. The molecule has 0 heterocycles. The highest BCUT2D eigenvalue weighted by atomic mass is 16.5. The second-order valence-electron chi connectivity index (χ2n) is 5.61. The molecule has 1 amide bonds. The van der Waals surface area contributed by atoms with E-state index in [-0.39, 0.29) is 6.54 Å². The van der Waals surface area contributed by atoms with Crippen molar-refractivity contribution in [1.29, 1.82) is 5.26 Å². The molecule has 0 aliphatic rings. The molecule has 0 radical (unpaired) electrons. The third-order valence-electron chi connectivity index (χ3n) is 3.91. The lowest BCUT2D eigenvalue weighted by Crippen LogP contribution is -2.35. The van der Waals surface area contributed by atoms with Crippen LogP contribution in [0.15, 0.2) is 72.8 Å². The van der Waals surface area contributed by atoms with Crippen molar-refractivity contribution in [1.82, 2.24) is 0 Å². The average molecular weight is 344 g/mol. The Labute approximate surface area is 151 Å². The van der Waals surface area contributed by atoms with Crippen molar-refractivity contribution in [3.8, 4) is 6.07 Å². The fourth-order valence-electron chi connectivity index (χ4n) is 2.61. The van der Waals surface area contributed by atoms with Crippen LogP contribution in [0, 0.1) is 11.3 Å². The standard InChI is InChI=1S/C21H16N2O3/c22-12-13-23(19-8-2-1-3-9-19)20(24)15-26-21(25)18-11-10-16-6-4-5-7-17(16)14-18/h1-11,14H,13,15H2. The van der Waals surface area contributed by atoms with Crippen molar-refractivity contribution >= 4 is 28.3 Å². The zero-order valence-electron chi connectivity index (χ0n) is 14.0. The summed E-state index contributed by atoms with van der Waals surface area (Å²) < 4.78 is 5.15. The van der Waals surface area contributed by atoms with Gasteiger partial charge in [-0.25, -0.2) is 4.79 Å². The maximum atomic E-state index is 12.4. The number of benzene rings is 3. The van der Waals surface area contributed by atoms with Crippen molar-refractivity contribution in [2.45, 2.75) is 0 Å². The number of nitriles is 1. The fourth-order valence-corrected chi connectivity index (χ4v) is 2.61. The monoisotopic (exact) mass is 344 g/mol. The number of hydrogen-bond donors (Lipinski definition) is 0. The minimum absolute atomic E-state index is 0.115. The van der Waals surface area contributed by atoms with Crippen molar-refractivity contribution in [2.24, 2.45) is 0 Å². The van der Waals surface area contributed by atoms with Gasteiger partial charge in [0.15, 0.2) is 6.61 Å². The van der Waals surface area contributed by atoms with Crippen LogP contribution in [0.4, 0.5) is 5.69 Å². The van der Waals surface area contributed by atoms with Crippen LogP contribution < -0.4 is 4.90 Å². The van der Waals surface area contributed by atoms with Gasteiger partial charge in [-0.05, 0) is 35.0 Å². The molecule has 0 aliphatic heterocycles. The summed E-state index contributed by atoms with van der Waals surface area (Å²) in [4.78, 5) is 25.9. The Morgan fingerprint density at radius 3 is 2.35 bits per heavy atom. The Kier molecular flexibility index (Phi) is 5.25. The van der Waals surface area contributed by atoms with E-state index in [4.69, 9.17) is 10.00 Å². The molecule has 3 aromatic carbocycles. The molecule has 0 unspecified atom stereocenters. The number of hydrogen-bond acceptors (Lipinski definition) is 4. The van der Waals surface area contributed by atoms with E-state index in [9.17, 15) is 9.59 Å². The summed E-state index contributed by atoms with van der Waals surface area (Å²) in [5.41, 5.74) is 0.962. The van der Waals surface area contributed by atoms with E-state index in [0.717, 1.165) is 10.8 Å². The van der Waals surface area contributed by atoms with Crippen molar-refractivity contribution < 1.29 is 14.3 Å². The summed E-state index contributed by atoms with van der Waals surface area (Å²) in [6.07, 6.45) is 0. The molecule has 0 aliphatic carbocycles. The highest BCUT2D eigenvalue weighted by Crippen LogP contribution is 2.17. The first-order chi connectivity index (χ1) is 12.7. The minimum Gasteiger partial charge on any atom is -0.452 e. The van der Waals surface area contributed by atoms with Gasteiger partial charge in [0, 0.05) is 5.69 Å². The molecule has 0 N–H and O–H groups in total. The Balaban J connectivity index is 1.69. The molecule has 0 spiro atoms. The maximum Gasteiger partial charge on any atom is 0.338 e. The summed E-state index contributed by atoms with van der Waals surface area (Å²) in [5.74, 6) is -1.03. The maximum absolute atomic E-state index is 12.4. The largest absolute Gasteiger partial charge is 0.452 e. The fraction of sp³-hybridized carbons (Fsp3) is 0.0952. The number of carbonyl (C=O) groups excluding carboxylic acids is 2. The summed E-state index contributed by atoms with van der Waals surface area (Å²) in [6, 6.07) is 23.7. The molecular formula is C21H16N2O3. The minimum atomic E-state index is -0.575. The van der Waals surface area contributed by atoms with Gasteiger partial charge in [-0.15, -0.1) is 0 Å². The van der Waals surface area contributed by atoms with Gasteiger partial charge in [-0.1, -0.05) is 48.5 Å². The van der Waals surface area contributed by atoms with Crippen molar-refractivity contribution in [2.75, 3.05) is 18.1 Å². The number of nitrogens with zero attached hydrogens (tertiary/aromatic N) is 2. The lowest BCUT2D eigenvalue weighted by atomic mass is 10.1. The number of ether oxygens (including phenoxy) is 1. The predicted molar refractivity (Wildman–Crippen MR) is 98.6 cm³/mol. The Morgan fingerprint density at radius 2 is 1.62 bits per heavy atom. The quantitative estimate of drug-likeness (QED) is 0.524. The summed E-state index contributed by atoms with van der Waals surface area (Å²) in [7, 11) is 0. The van der Waals surface area contributed by atoms with Crippen LogP contribution in [0.25, 0.3) is 10.8 Å². The number of para-hydroxylation sites is 1. The molecular weight excluding hydrogens is 328 g/mol. The van der Waals surface area contributed by atoms with Crippen LogP contribution in [0.2, 0.25) is 0 Å². The normalized spacial score (nSPS) is 10.1. The summed E-state index contributed by atoms with van der Waals surface area (Å²) >= 11 is 0. The Morgan fingerprint density at radius 1 is 0.923 bits per heavy atom. The lowest BCUT2D eigenvalue weighted by molar-refractivity contribution is -0.121. The topological polar surface area (TPSA) is 70.4 Å². The molecule has 3 aromatic rings. The second kappa shape index (κ2) is 7.95. The average Bonchev–Trinajstić information content (AvgIpc) is 2.70. The number of rotatable bonds is 5. The van der Waals surface area contributed by atoms with E-state index in [1.165, 1.54) is 4.90 Å². The number of carbonyl (C=O) groups is 2. The van der Waals surface area contributed by atoms with Crippen molar-refractivity contribution in [3.05, 3.63) is 78.4 Å². The number of anilines is 1. The van der Waals surface area contributed by atoms with Gasteiger partial charge in [0.25, 0.3) is 5.91 Å². The zero-order valence-corrected chi connectivity index (χ0v) is 14.0. The first-order valence-corrected chi connectivity index (χ1v) is 8.07. The molecule has 0 saturated carbocycles. The molecule has 128 valence electrons. The van der Waals surface area contributed by atoms with E-state index in [0.29, 0.717) is 11.3 Å². The van der Waals surface area contributed by atoms with Gasteiger partial charge in [0.1, 0.15) is 6.54 Å². The number of amides is 1. The molecule has 0 fully saturated rings. The molecule has 3 rings (SSSR count). The Bertz CT molecular complexity index is 977. The SMILES string of the molecule is N#CCN(C(=O)COC(=O)c1ccc2ccccc2c1)c1ccccc1. The lowest BCUT2D eigenvalue weighted by Gasteiger charge is -2.19. The predicted octanol–water partition coefficient (Wildman–Crippen LogP) is 3.55. The summed E-state index contributed by atoms with van der Waals surface area (Å²) in [5, 5.41) is 10.9. The third kappa shape index (κ3) is 3.87. The van der Waals surface area contributed by atoms with E-state index in [1.54, 1.807) is 36.4 Å². The smallest absolute Gasteiger partial charge is 0.338 e. The van der Waals surface area contributed by atoms with Crippen molar-refractivity contribution in [3.63, 3.8) is 0 Å². The van der Waals surface area contributed by atoms with Gasteiger partial charge in [-0.2, -0.15) is 5.26 Å². The van der Waals surface area contributed by atoms with Gasteiger partial charge in [-0.3, -0.25) is 9.69 Å². The highest BCUT2D eigenvalue weighted by molar-refractivity contribution is 5.99. The first kappa shape index (κ1) is 17.2. The second-order valence-corrected chi connectivity index (χ2v) is 5.61. The molecule has 0 atom stereocenters. The molecule has 26 heavy (non-hydrogen) atoms. The van der Waals surface area contributed by atoms with E-state index >= 15 is 0 Å². The molecule has 5 heteroatoms. The first-order valence-electron chi connectivity index (χ1n) is 8.07.